The molecule has 0 bridgehead atoms. The van der Waals surface area contributed by atoms with Gasteiger partial charge in [0, 0.05) is 17.4 Å². The van der Waals surface area contributed by atoms with Crippen molar-refractivity contribution in [3.63, 3.8) is 0 Å². The maximum atomic E-state index is 12.5. The number of thiazole rings is 1. The normalized spacial score (nSPS) is 18.7. The van der Waals surface area contributed by atoms with Gasteiger partial charge in [-0.15, -0.1) is 11.3 Å². The van der Waals surface area contributed by atoms with E-state index in [1.165, 1.54) is 16.9 Å². The lowest BCUT2D eigenvalue weighted by molar-refractivity contribution is -0.122. The molecule has 6 heteroatoms. The van der Waals surface area contributed by atoms with Crippen molar-refractivity contribution in [2.45, 2.75) is 44.1 Å². The topological polar surface area (TPSA) is 77.2 Å². The lowest BCUT2D eigenvalue weighted by atomic mass is 9.82. The SMILES string of the molecule is NC1(C(=O)Nc2nc(-c3ccc4c(c3)CCO4)cs2)CCCCC1. The third-order valence-electron chi connectivity index (χ3n) is 4.91. The smallest absolute Gasteiger partial charge is 0.246 e. The first-order chi connectivity index (χ1) is 11.6. The van der Waals surface area contributed by atoms with Gasteiger partial charge in [0.2, 0.25) is 5.91 Å². The monoisotopic (exact) mass is 343 g/mol. The van der Waals surface area contributed by atoms with Crippen molar-refractivity contribution in [1.82, 2.24) is 4.98 Å². The number of aromatic nitrogens is 1. The molecule has 0 spiro atoms. The summed E-state index contributed by atoms with van der Waals surface area (Å²) in [5.74, 6) is 0.857. The standard InChI is InChI=1S/C18H21N3O2S/c19-18(7-2-1-3-8-18)16(22)21-17-20-14(11-24-17)12-4-5-15-13(10-12)6-9-23-15/h4-5,10-11H,1-3,6-9,19H2,(H,20,21,22). The Morgan fingerprint density at radius 2 is 2.12 bits per heavy atom. The van der Waals surface area contributed by atoms with Crippen LogP contribution in [0.3, 0.4) is 0 Å². The second-order valence-corrected chi connectivity index (χ2v) is 7.49. The van der Waals surface area contributed by atoms with Crippen molar-refractivity contribution in [3.8, 4) is 17.0 Å². The molecule has 3 N–H and O–H groups in total. The van der Waals surface area contributed by atoms with Crippen LogP contribution in [0, 0.1) is 0 Å². The quantitative estimate of drug-likeness (QED) is 0.896. The molecule has 1 aromatic heterocycles. The molecule has 0 radical (unpaired) electrons. The molecule has 4 rings (SSSR count). The molecule has 24 heavy (non-hydrogen) atoms. The average Bonchev–Trinajstić information content (AvgIpc) is 3.23. The van der Waals surface area contributed by atoms with Gasteiger partial charge in [-0.05, 0) is 36.6 Å². The number of nitrogens with one attached hydrogen (secondary N) is 1. The van der Waals surface area contributed by atoms with Crippen LogP contribution in [0.25, 0.3) is 11.3 Å². The molecule has 2 aliphatic rings. The Morgan fingerprint density at radius 1 is 1.29 bits per heavy atom. The van der Waals surface area contributed by atoms with Gasteiger partial charge in [0.1, 0.15) is 5.75 Å². The highest BCUT2D eigenvalue weighted by atomic mass is 32.1. The van der Waals surface area contributed by atoms with E-state index < -0.39 is 5.54 Å². The van der Waals surface area contributed by atoms with Crippen LogP contribution in [0.15, 0.2) is 23.6 Å². The summed E-state index contributed by atoms with van der Waals surface area (Å²) in [6, 6.07) is 6.12. The Labute approximate surface area is 145 Å². The highest BCUT2D eigenvalue weighted by molar-refractivity contribution is 7.14. The van der Waals surface area contributed by atoms with Gasteiger partial charge in [-0.3, -0.25) is 4.79 Å². The van der Waals surface area contributed by atoms with E-state index in [0.29, 0.717) is 5.13 Å². The van der Waals surface area contributed by atoms with Gasteiger partial charge in [-0.2, -0.15) is 0 Å². The largest absolute Gasteiger partial charge is 0.493 e. The van der Waals surface area contributed by atoms with Crippen LogP contribution >= 0.6 is 11.3 Å². The predicted octanol–water partition coefficient (Wildman–Crippen LogP) is 3.35. The molecule has 2 heterocycles. The number of ether oxygens (including phenoxy) is 1. The fourth-order valence-electron chi connectivity index (χ4n) is 3.44. The highest BCUT2D eigenvalue weighted by Gasteiger charge is 2.35. The number of fused-ring (bicyclic) bond motifs is 1. The number of carbonyl (C=O) groups excluding carboxylic acids is 1. The van der Waals surface area contributed by atoms with Crippen LogP contribution in [-0.2, 0) is 11.2 Å². The second kappa shape index (κ2) is 6.18. The van der Waals surface area contributed by atoms with E-state index in [4.69, 9.17) is 10.5 Å². The molecule has 126 valence electrons. The van der Waals surface area contributed by atoms with Gasteiger partial charge in [-0.25, -0.2) is 4.98 Å². The number of anilines is 1. The molecule has 0 unspecified atom stereocenters. The first-order valence-corrected chi connectivity index (χ1v) is 9.34. The van der Waals surface area contributed by atoms with Crippen molar-refractivity contribution in [2.75, 3.05) is 11.9 Å². The van der Waals surface area contributed by atoms with Gasteiger partial charge >= 0.3 is 0 Å². The first kappa shape index (κ1) is 15.6. The number of carbonyl (C=O) groups is 1. The second-order valence-electron chi connectivity index (χ2n) is 6.63. The Bertz CT molecular complexity index is 765. The van der Waals surface area contributed by atoms with Crippen LogP contribution in [0.1, 0.15) is 37.7 Å². The van der Waals surface area contributed by atoms with E-state index in [0.717, 1.165) is 62.1 Å². The van der Waals surface area contributed by atoms with E-state index >= 15 is 0 Å². The molecule has 2 aromatic rings. The summed E-state index contributed by atoms with van der Waals surface area (Å²) < 4.78 is 5.54. The predicted molar refractivity (Wildman–Crippen MR) is 95.4 cm³/mol. The molecular formula is C18H21N3O2S. The molecule has 1 aliphatic heterocycles. The molecule has 5 nitrogen and oxygen atoms in total. The van der Waals surface area contributed by atoms with E-state index in [1.807, 2.05) is 17.5 Å². The van der Waals surface area contributed by atoms with Gasteiger partial charge in [0.25, 0.3) is 0 Å². The zero-order chi connectivity index (χ0) is 16.6. The molecule has 1 aromatic carbocycles. The van der Waals surface area contributed by atoms with Crippen molar-refractivity contribution in [1.29, 1.82) is 0 Å². The number of benzene rings is 1. The average molecular weight is 343 g/mol. The Balaban J connectivity index is 1.49. The number of rotatable bonds is 3. The molecule has 0 saturated heterocycles. The maximum absolute atomic E-state index is 12.5. The van der Waals surface area contributed by atoms with Crippen LogP contribution in [0.4, 0.5) is 5.13 Å². The zero-order valence-corrected chi connectivity index (χ0v) is 14.3. The summed E-state index contributed by atoms with van der Waals surface area (Å²) in [4.78, 5) is 17.1. The van der Waals surface area contributed by atoms with E-state index in [-0.39, 0.29) is 5.91 Å². The van der Waals surface area contributed by atoms with Crippen molar-refractivity contribution in [3.05, 3.63) is 29.1 Å². The summed E-state index contributed by atoms with van der Waals surface area (Å²) in [6.07, 6.45) is 5.64. The molecule has 0 atom stereocenters. The van der Waals surface area contributed by atoms with Crippen molar-refractivity contribution >= 4 is 22.4 Å². The third-order valence-corrected chi connectivity index (χ3v) is 5.67. The minimum atomic E-state index is -0.741. The lowest BCUT2D eigenvalue weighted by Gasteiger charge is -2.31. The number of hydrogen-bond donors (Lipinski definition) is 2. The minimum Gasteiger partial charge on any atom is -0.493 e. The molecule has 1 amide bonds. The summed E-state index contributed by atoms with van der Waals surface area (Å²) in [6.45, 7) is 0.746. The van der Waals surface area contributed by atoms with E-state index in [2.05, 4.69) is 16.4 Å². The zero-order valence-electron chi connectivity index (χ0n) is 13.5. The fraction of sp³-hybridized carbons (Fsp3) is 0.444. The lowest BCUT2D eigenvalue weighted by Crippen LogP contribution is -2.52. The van der Waals surface area contributed by atoms with Gasteiger partial charge in [0.05, 0.1) is 17.8 Å². The maximum Gasteiger partial charge on any atom is 0.246 e. The molecular weight excluding hydrogens is 322 g/mol. The number of amides is 1. The fourth-order valence-corrected chi connectivity index (χ4v) is 4.16. The van der Waals surface area contributed by atoms with Gasteiger partial charge < -0.3 is 15.8 Å². The molecule has 1 fully saturated rings. The van der Waals surface area contributed by atoms with Crippen LogP contribution in [0.2, 0.25) is 0 Å². The number of nitrogens with zero attached hydrogens (tertiary/aromatic N) is 1. The van der Waals surface area contributed by atoms with Crippen LogP contribution in [-0.4, -0.2) is 23.0 Å². The Kier molecular flexibility index (Phi) is 4.02. The summed E-state index contributed by atoms with van der Waals surface area (Å²) in [5, 5.41) is 5.50. The van der Waals surface area contributed by atoms with Crippen LogP contribution in [0.5, 0.6) is 5.75 Å². The third kappa shape index (κ3) is 2.91. The number of hydrogen-bond acceptors (Lipinski definition) is 5. The van der Waals surface area contributed by atoms with E-state index in [1.54, 1.807) is 0 Å². The van der Waals surface area contributed by atoms with E-state index in [9.17, 15) is 4.79 Å². The highest BCUT2D eigenvalue weighted by Crippen LogP contribution is 2.33. The van der Waals surface area contributed by atoms with Gasteiger partial charge in [0.15, 0.2) is 5.13 Å². The van der Waals surface area contributed by atoms with Crippen LogP contribution < -0.4 is 15.8 Å². The Hall–Kier alpha value is -1.92. The summed E-state index contributed by atoms with van der Waals surface area (Å²) in [7, 11) is 0. The van der Waals surface area contributed by atoms with Crippen molar-refractivity contribution in [2.24, 2.45) is 5.73 Å². The Morgan fingerprint density at radius 3 is 2.96 bits per heavy atom. The number of nitrogens with two attached hydrogens (primary N) is 1. The summed E-state index contributed by atoms with van der Waals surface area (Å²) >= 11 is 1.44. The first-order valence-electron chi connectivity index (χ1n) is 8.46. The minimum absolute atomic E-state index is 0.106. The summed E-state index contributed by atoms with van der Waals surface area (Å²) in [5.41, 5.74) is 8.68. The van der Waals surface area contributed by atoms with Crippen molar-refractivity contribution < 1.29 is 9.53 Å². The van der Waals surface area contributed by atoms with Gasteiger partial charge in [-0.1, -0.05) is 19.3 Å². The molecule has 1 saturated carbocycles. The molecule has 1 aliphatic carbocycles.